The molecule has 2 heterocycles. The Kier molecular flexibility index (Phi) is 3.30. The van der Waals surface area contributed by atoms with Crippen LogP contribution >= 0.6 is 11.3 Å². The minimum atomic E-state index is -0.0284. The number of nitrogens with zero attached hydrogens (tertiary/aromatic N) is 2. The number of aliphatic hydroxyl groups excluding tert-OH is 1. The number of hydrogen-bond donors (Lipinski definition) is 1. The normalized spacial score (nSPS) is 14.7. The second-order valence-electron chi connectivity index (χ2n) is 6.30. The van der Waals surface area contributed by atoms with Gasteiger partial charge >= 0.3 is 0 Å². The van der Waals surface area contributed by atoms with Crippen LogP contribution in [0.4, 0.5) is 5.13 Å². The molecule has 20 heavy (non-hydrogen) atoms. The van der Waals surface area contributed by atoms with Gasteiger partial charge in [0.05, 0.1) is 17.2 Å². The maximum atomic E-state index is 9.56. The summed E-state index contributed by atoms with van der Waals surface area (Å²) in [6, 6.07) is 8.54. The van der Waals surface area contributed by atoms with Crippen molar-refractivity contribution in [2.45, 2.75) is 45.9 Å². The molecule has 0 saturated heterocycles. The summed E-state index contributed by atoms with van der Waals surface area (Å²) in [4.78, 5) is 8.09. The maximum absolute atomic E-state index is 9.56. The smallest absolute Gasteiger partial charge is 0.186 e. The average molecular weight is 288 g/mol. The van der Waals surface area contributed by atoms with Gasteiger partial charge in [-0.2, -0.15) is 0 Å². The number of anilines is 1. The van der Waals surface area contributed by atoms with E-state index in [1.165, 1.54) is 11.1 Å². The molecule has 0 spiro atoms. The van der Waals surface area contributed by atoms with E-state index in [2.05, 4.69) is 49.9 Å². The zero-order valence-corrected chi connectivity index (χ0v) is 13.0. The molecular formula is C16H20N2OS. The number of benzene rings is 1. The molecule has 0 amide bonds. The molecule has 106 valence electrons. The Bertz CT molecular complexity index is 603. The van der Waals surface area contributed by atoms with Crippen molar-refractivity contribution in [2.24, 2.45) is 0 Å². The molecular weight excluding hydrogens is 268 g/mol. The van der Waals surface area contributed by atoms with Crippen LogP contribution in [-0.4, -0.2) is 10.1 Å². The molecule has 2 aromatic rings. The second kappa shape index (κ2) is 4.86. The van der Waals surface area contributed by atoms with Crippen molar-refractivity contribution in [3.05, 3.63) is 46.0 Å². The Morgan fingerprint density at radius 3 is 2.25 bits per heavy atom. The van der Waals surface area contributed by atoms with Crippen molar-refractivity contribution in [2.75, 3.05) is 4.90 Å². The van der Waals surface area contributed by atoms with Crippen LogP contribution in [-0.2, 0) is 25.1 Å². The number of hydrogen-bond acceptors (Lipinski definition) is 4. The molecule has 1 N–H and O–H groups in total. The Morgan fingerprint density at radius 2 is 1.80 bits per heavy atom. The fourth-order valence-electron chi connectivity index (χ4n) is 2.64. The summed E-state index contributed by atoms with van der Waals surface area (Å²) < 4.78 is 0. The average Bonchev–Trinajstić information content (AvgIpc) is 3.01. The Hall–Kier alpha value is -1.39. The summed E-state index contributed by atoms with van der Waals surface area (Å²) >= 11 is 1.62. The van der Waals surface area contributed by atoms with Gasteiger partial charge in [0.25, 0.3) is 0 Å². The van der Waals surface area contributed by atoms with E-state index >= 15 is 0 Å². The van der Waals surface area contributed by atoms with E-state index in [1.807, 2.05) is 0 Å². The lowest BCUT2D eigenvalue weighted by atomic mass is 9.91. The predicted molar refractivity (Wildman–Crippen MR) is 83.1 cm³/mol. The molecule has 3 nitrogen and oxygen atoms in total. The van der Waals surface area contributed by atoms with Gasteiger partial charge in [0.1, 0.15) is 0 Å². The molecule has 0 saturated carbocycles. The lowest BCUT2D eigenvalue weighted by Gasteiger charge is -2.17. The van der Waals surface area contributed by atoms with Crippen molar-refractivity contribution in [1.82, 2.24) is 4.98 Å². The van der Waals surface area contributed by atoms with Gasteiger partial charge in [0, 0.05) is 18.5 Å². The van der Waals surface area contributed by atoms with Crippen LogP contribution in [0.1, 0.15) is 42.5 Å². The number of rotatable bonds is 2. The molecule has 4 heteroatoms. The predicted octanol–water partition coefficient (Wildman–Crippen LogP) is 3.45. The quantitative estimate of drug-likeness (QED) is 0.919. The monoisotopic (exact) mass is 288 g/mol. The highest BCUT2D eigenvalue weighted by Gasteiger charge is 2.27. The van der Waals surface area contributed by atoms with Gasteiger partial charge in [-0.1, -0.05) is 56.4 Å². The van der Waals surface area contributed by atoms with Crippen molar-refractivity contribution >= 4 is 16.5 Å². The summed E-state index contributed by atoms with van der Waals surface area (Å²) in [5.41, 5.74) is 3.76. The van der Waals surface area contributed by atoms with E-state index < -0.39 is 0 Å². The maximum Gasteiger partial charge on any atom is 0.186 e. The highest BCUT2D eigenvalue weighted by Crippen LogP contribution is 2.37. The SMILES string of the molecule is CC(C)(C)c1nc(N2Cc3ccccc3C2)sc1CO. The van der Waals surface area contributed by atoms with E-state index in [0.717, 1.165) is 28.8 Å². The third-order valence-corrected chi connectivity index (χ3v) is 4.75. The third kappa shape index (κ3) is 2.34. The molecule has 0 fully saturated rings. The molecule has 3 rings (SSSR count). The number of fused-ring (bicyclic) bond motifs is 1. The molecule has 0 atom stereocenters. The van der Waals surface area contributed by atoms with Crippen LogP contribution in [0.15, 0.2) is 24.3 Å². The van der Waals surface area contributed by atoms with E-state index in [1.54, 1.807) is 11.3 Å². The topological polar surface area (TPSA) is 36.4 Å². The minimum absolute atomic E-state index is 0.0284. The third-order valence-electron chi connectivity index (χ3n) is 3.65. The number of aliphatic hydroxyl groups is 1. The van der Waals surface area contributed by atoms with Crippen molar-refractivity contribution < 1.29 is 5.11 Å². The standard InChI is InChI=1S/C16H20N2OS/c1-16(2,3)14-13(10-19)20-15(17-14)18-8-11-6-4-5-7-12(11)9-18/h4-7,19H,8-10H2,1-3H3. The summed E-state index contributed by atoms with van der Waals surface area (Å²) in [5.74, 6) is 0. The molecule has 0 aliphatic carbocycles. The van der Waals surface area contributed by atoms with Gasteiger partial charge in [-0.3, -0.25) is 0 Å². The van der Waals surface area contributed by atoms with Crippen LogP contribution < -0.4 is 4.90 Å². The van der Waals surface area contributed by atoms with Gasteiger partial charge < -0.3 is 10.0 Å². The van der Waals surface area contributed by atoms with Crippen LogP contribution in [0, 0.1) is 0 Å². The van der Waals surface area contributed by atoms with Crippen LogP contribution in [0.25, 0.3) is 0 Å². The lowest BCUT2D eigenvalue weighted by molar-refractivity contribution is 0.282. The molecule has 0 radical (unpaired) electrons. The number of thiazole rings is 1. The molecule has 1 aromatic heterocycles. The summed E-state index contributed by atoms with van der Waals surface area (Å²) in [5, 5.41) is 10.6. The Balaban J connectivity index is 1.92. The van der Waals surface area contributed by atoms with E-state index in [0.29, 0.717) is 0 Å². The Morgan fingerprint density at radius 1 is 1.20 bits per heavy atom. The first-order valence-corrected chi connectivity index (χ1v) is 7.73. The summed E-state index contributed by atoms with van der Waals surface area (Å²) in [7, 11) is 0. The zero-order valence-electron chi connectivity index (χ0n) is 12.2. The van der Waals surface area contributed by atoms with Gasteiger partial charge in [-0.15, -0.1) is 0 Å². The van der Waals surface area contributed by atoms with Crippen LogP contribution in [0.2, 0.25) is 0 Å². The van der Waals surface area contributed by atoms with Crippen molar-refractivity contribution in [1.29, 1.82) is 0 Å². The lowest BCUT2D eigenvalue weighted by Crippen LogP contribution is -2.17. The summed E-state index contributed by atoms with van der Waals surface area (Å²) in [6.07, 6.45) is 0. The highest BCUT2D eigenvalue weighted by atomic mass is 32.1. The van der Waals surface area contributed by atoms with Gasteiger partial charge in [-0.25, -0.2) is 4.98 Å². The van der Waals surface area contributed by atoms with Gasteiger partial charge in [0.2, 0.25) is 0 Å². The van der Waals surface area contributed by atoms with Gasteiger partial charge in [0.15, 0.2) is 5.13 Å². The first-order valence-electron chi connectivity index (χ1n) is 6.92. The van der Waals surface area contributed by atoms with Crippen LogP contribution in [0.5, 0.6) is 0 Å². The molecule has 0 unspecified atom stereocenters. The highest BCUT2D eigenvalue weighted by molar-refractivity contribution is 7.15. The first-order chi connectivity index (χ1) is 9.49. The zero-order chi connectivity index (χ0) is 14.3. The fraction of sp³-hybridized carbons (Fsp3) is 0.438. The fourth-order valence-corrected chi connectivity index (χ4v) is 3.76. The van der Waals surface area contributed by atoms with Crippen molar-refractivity contribution in [3.63, 3.8) is 0 Å². The van der Waals surface area contributed by atoms with E-state index in [4.69, 9.17) is 4.98 Å². The van der Waals surface area contributed by atoms with E-state index in [-0.39, 0.29) is 12.0 Å². The molecule has 1 aliphatic heterocycles. The Labute approximate surface area is 123 Å². The molecule has 0 bridgehead atoms. The summed E-state index contributed by atoms with van der Waals surface area (Å²) in [6.45, 7) is 8.33. The second-order valence-corrected chi connectivity index (χ2v) is 7.36. The minimum Gasteiger partial charge on any atom is -0.391 e. The largest absolute Gasteiger partial charge is 0.391 e. The molecule has 1 aliphatic rings. The van der Waals surface area contributed by atoms with Gasteiger partial charge in [-0.05, 0) is 11.1 Å². The first kappa shape index (κ1) is 13.6. The van der Waals surface area contributed by atoms with Crippen molar-refractivity contribution in [3.8, 4) is 0 Å². The molecule has 1 aromatic carbocycles. The van der Waals surface area contributed by atoms with E-state index in [9.17, 15) is 5.11 Å². The number of aromatic nitrogens is 1. The van der Waals surface area contributed by atoms with Crippen LogP contribution in [0.3, 0.4) is 0 Å².